The topological polar surface area (TPSA) is 258 Å². The van der Waals surface area contributed by atoms with Gasteiger partial charge >= 0.3 is 5.97 Å². The van der Waals surface area contributed by atoms with Crippen molar-refractivity contribution in [1.29, 1.82) is 0 Å². The highest BCUT2D eigenvalue weighted by atomic mass is 16.4. The lowest BCUT2D eigenvalue weighted by Crippen LogP contribution is -2.57. The first-order valence-electron chi connectivity index (χ1n) is 10.5. The summed E-state index contributed by atoms with van der Waals surface area (Å²) in [7, 11) is 0. The Bertz CT molecular complexity index is 738. The second kappa shape index (κ2) is 14.6. The van der Waals surface area contributed by atoms with Gasteiger partial charge in [0.2, 0.25) is 23.6 Å². The molecule has 0 aliphatic carbocycles. The van der Waals surface area contributed by atoms with E-state index in [0.717, 1.165) is 0 Å². The Balaban J connectivity index is 5.01. The summed E-state index contributed by atoms with van der Waals surface area (Å²) in [5.74, 6) is -4.45. The molecule has 14 heteroatoms. The van der Waals surface area contributed by atoms with Crippen LogP contribution < -0.4 is 38.9 Å². The van der Waals surface area contributed by atoms with Crippen LogP contribution in [0.3, 0.4) is 0 Å². The predicted octanol–water partition coefficient (Wildman–Crippen LogP) is -3.15. The number of nitrogens with one attached hydrogen (secondary N) is 3. The Hall–Kier alpha value is -3.42. The van der Waals surface area contributed by atoms with Gasteiger partial charge in [0.1, 0.15) is 18.1 Å². The van der Waals surface area contributed by atoms with E-state index in [9.17, 15) is 29.1 Å². The van der Waals surface area contributed by atoms with Gasteiger partial charge < -0.3 is 44.0 Å². The molecule has 4 amide bonds. The van der Waals surface area contributed by atoms with Gasteiger partial charge in [0.05, 0.1) is 12.5 Å². The zero-order valence-electron chi connectivity index (χ0n) is 19.2. The Morgan fingerprint density at radius 3 is 1.94 bits per heavy atom. The molecule has 0 aromatic heterocycles. The quantitative estimate of drug-likeness (QED) is 0.0678. The molecule has 0 aliphatic rings. The third-order valence-electron chi connectivity index (χ3n) is 4.42. The molecule has 0 bridgehead atoms. The minimum atomic E-state index is -1.38. The molecule has 0 saturated heterocycles. The number of hydrogen-bond donors (Lipinski definition) is 8. The number of nitrogens with zero attached hydrogens (tertiary/aromatic N) is 1. The minimum absolute atomic E-state index is 0.00938. The van der Waals surface area contributed by atoms with Crippen LogP contribution in [0, 0.1) is 5.92 Å². The number of amides is 4. The van der Waals surface area contributed by atoms with Crippen molar-refractivity contribution in [3.05, 3.63) is 0 Å². The fourth-order valence-corrected chi connectivity index (χ4v) is 2.71. The maximum absolute atomic E-state index is 12.6. The minimum Gasteiger partial charge on any atom is -0.480 e. The number of aliphatic carboxylic acids is 1. The van der Waals surface area contributed by atoms with E-state index in [1.807, 2.05) is 0 Å². The largest absolute Gasteiger partial charge is 0.480 e. The fourth-order valence-electron chi connectivity index (χ4n) is 2.71. The molecule has 0 heterocycles. The fraction of sp³-hybridized carbons (Fsp3) is 0.684. The second-order valence-electron chi connectivity index (χ2n) is 8.05. The van der Waals surface area contributed by atoms with E-state index in [4.69, 9.17) is 22.9 Å². The highest BCUT2D eigenvalue weighted by Gasteiger charge is 2.29. The van der Waals surface area contributed by atoms with Crippen LogP contribution in [0.5, 0.6) is 0 Å². The van der Waals surface area contributed by atoms with Crippen LogP contribution in [0.1, 0.15) is 46.5 Å². The summed E-state index contributed by atoms with van der Waals surface area (Å²) in [6.45, 7) is 5.20. The summed E-state index contributed by atoms with van der Waals surface area (Å²) < 4.78 is 0. The average molecular weight is 473 g/mol. The molecule has 0 fully saturated rings. The number of rotatable bonds is 15. The molecule has 4 atom stereocenters. The Morgan fingerprint density at radius 1 is 0.879 bits per heavy atom. The lowest BCUT2D eigenvalue weighted by molar-refractivity contribution is -0.142. The van der Waals surface area contributed by atoms with Crippen LogP contribution >= 0.6 is 0 Å². The van der Waals surface area contributed by atoms with Gasteiger partial charge in [-0.15, -0.1) is 0 Å². The maximum atomic E-state index is 12.6. The van der Waals surface area contributed by atoms with Crippen LogP contribution in [-0.2, 0) is 24.0 Å². The van der Waals surface area contributed by atoms with Gasteiger partial charge in [-0.3, -0.25) is 24.2 Å². The van der Waals surface area contributed by atoms with Gasteiger partial charge in [0.25, 0.3) is 0 Å². The van der Waals surface area contributed by atoms with Crippen molar-refractivity contribution >= 4 is 35.6 Å². The molecule has 0 radical (unpaired) electrons. The SMILES string of the molecule is CC(C)CC(NC(=O)C(C)NC(=O)C(CC(N)=O)NC(=O)C(N)CCCN=C(N)N)C(=O)O. The summed E-state index contributed by atoms with van der Waals surface area (Å²) >= 11 is 0. The van der Waals surface area contributed by atoms with Gasteiger partial charge in [-0.2, -0.15) is 0 Å². The number of nitrogens with two attached hydrogens (primary N) is 4. The van der Waals surface area contributed by atoms with Crippen molar-refractivity contribution in [2.24, 2.45) is 33.8 Å². The summed E-state index contributed by atoms with van der Waals surface area (Å²) in [6.07, 6.45) is 0.275. The predicted molar refractivity (Wildman–Crippen MR) is 120 cm³/mol. The normalized spacial score (nSPS) is 14.3. The molecule has 188 valence electrons. The van der Waals surface area contributed by atoms with Crippen molar-refractivity contribution < 1.29 is 29.1 Å². The lowest BCUT2D eigenvalue weighted by atomic mass is 10.0. The van der Waals surface area contributed by atoms with Crippen molar-refractivity contribution in [1.82, 2.24) is 16.0 Å². The van der Waals surface area contributed by atoms with Crippen molar-refractivity contribution in [3.63, 3.8) is 0 Å². The Labute approximate surface area is 192 Å². The number of carbonyl (C=O) groups is 5. The third-order valence-corrected chi connectivity index (χ3v) is 4.42. The number of hydrogen-bond acceptors (Lipinski definition) is 7. The summed E-state index contributed by atoms with van der Waals surface area (Å²) in [5, 5.41) is 16.3. The van der Waals surface area contributed by atoms with E-state index < -0.39 is 60.2 Å². The molecule has 14 nitrogen and oxygen atoms in total. The first-order chi connectivity index (χ1) is 15.2. The van der Waals surface area contributed by atoms with E-state index in [-0.39, 0.29) is 31.3 Å². The Morgan fingerprint density at radius 2 is 1.45 bits per heavy atom. The van der Waals surface area contributed by atoms with E-state index in [1.165, 1.54) is 6.92 Å². The van der Waals surface area contributed by atoms with Crippen LogP contribution in [0.2, 0.25) is 0 Å². The second-order valence-corrected chi connectivity index (χ2v) is 8.05. The van der Waals surface area contributed by atoms with Crippen LogP contribution in [0.4, 0.5) is 0 Å². The number of primary amides is 1. The molecule has 12 N–H and O–H groups in total. The van der Waals surface area contributed by atoms with Gasteiger partial charge in [-0.05, 0) is 32.1 Å². The molecule has 0 aromatic rings. The third kappa shape index (κ3) is 12.9. The molecule has 33 heavy (non-hydrogen) atoms. The van der Waals surface area contributed by atoms with Crippen molar-refractivity contribution in [2.75, 3.05) is 6.54 Å². The molecule has 4 unspecified atom stereocenters. The monoisotopic (exact) mass is 472 g/mol. The zero-order valence-corrected chi connectivity index (χ0v) is 19.2. The van der Waals surface area contributed by atoms with E-state index in [1.54, 1.807) is 13.8 Å². The van der Waals surface area contributed by atoms with Gasteiger partial charge in [0.15, 0.2) is 5.96 Å². The average Bonchev–Trinajstić information content (AvgIpc) is 2.68. The lowest BCUT2D eigenvalue weighted by Gasteiger charge is -2.23. The highest BCUT2D eigenvalue weighted by Crippen LogP contribution is 2.05. The summed E-state index contributed by atoms with van der Waals surface area (Å²) in [6, 6.07) is -4.66. The highest BCUT2D eigenvalue weighted by molar-refractivity contribution is 5.96. The van der Waals surface area contributed by atoms with Gasteiger partial charge in [-0.25, -0.2) is 4.79 Å². The summed E-state index contributed by atoms with van der Waals surface area (Å²) in [5.41, 5.74) is 21.4. The maximum Gasteiger partial charge on any atom is 0.326 e. The van der Waals surface area contributed by atoms with Crippen LogP contribution in [-0.4, -0.2) is 71.4 Å². The molecule has 0 aliphatic heterocycles. The van der Waals surface area contributed by atoms with Crippen LogP contribution in [0.25, 0.3) is 0 Å². The zero-order chi connectivity index (χ0) is 25.7. The van der Waals surface area contributed by atoms with Crippen molar-refractivity contribution in [2.45, 2.75) is 70.6 Å². The van der Waals surface area contributed by atoms with Crippen LogP contribution in [0.15, 0.2) is 4.99 Å². The number of carboxylic acid groups (broad SMARTS) is 1. The number of carboxylic acids is 1. The number of guanidine groups is 1. The first-order valence-corrected chi connectivity index (χ1v) is 10.5. The molecule has 0 aromatic carbocycles. The van der Waals surface area contributed by atoms with E-state index in [0.29, 0.717) is 6.42 Å². The molecule has 0 saturated carbocycles. The van der Waals surface area contributed by atoms with Gasteiger partial charge in [-0.1, -0.05) is 13.8 Å². The standard InChI is InChI=1S/C19H36N8O6/c1-9(2)7-13(18(32)33)27-15(29)10(3)25-17(31)12(8-14(21)28)26-16(30)11(20)5-4-6-24-19(22)23/h9-13H,4-8,20H2,1-3H3,(H2,21,28)(H,25,31)(H,26,30)(H,27,29)(H,32,33)(H4,22,23,24). The van der Waals surface area contributed by atoms with Gasteiger partial charge in [0, 0.05) is 6.54 Å². The molecular weight excluding hydrogens is 436 g/mol. The van der Waals surface area contributed by atoms with E-state index in [2.05, 4.69) is 20.9 Å². The smallest absolute Gasteiger partial charge is 0.326 e. The number of aliphatic imine (C=N–C) groups is 1. The molecule has 0 rings (SSSR count). The van der Waals surface area contributed by atoms with E-state index >= 15 is 0 Å². The summed E-state index contributed by atoms with van der Waals surface area (Å²) in [4.78, 5) is 63.7. The first kappa shape index (κ1) is 29.6. The number of carbonyl (C=O) groups excluding carboxylic acids is 4. The Kier molecular flexibility index (Phi) is 13.1. The molecule has 0 spiro atoms. The van der Waals surface area contributed by atoms with Crippen molar-refractivity contribution in [3.8, 4) is 0 Å². The molecular formula is C19H36N8O6.